The molecule has 0 saturated heterocycles. The topological polar surface area (TPSA) is 81.7 Å². The lowest BCUT2D eigenvalue weighted by Gasteiger charge is -2.18. The first-order valence-electron chi connectivity index (χ1n) is 7.03. The summed E-state index contributed by atoms with van der Waals surface area (Å²) in [4.78, 5) is 35.1. The predicted octanol–water partition coefficient (Wildman–Crippen LogP) is 1.55. The molecule has 0 aliphatic rings. The van der Waals surface area contributed by atoms with Crippen molar-refractivity contribution >= 4 is 17.8 Å². The van der Waals surface area contributed by atoms with Crippen LogP contribution in [0.3, 0.4) is 0 Å². The zero-order valence-electron chi connectivity index (χ0n) is 13.0. The van der Waals surface area contributed by atoms with E-state index in [0.29, 0.717) is 12.0 Å². The minimum Gasteiger partial charge on any atom is -0.467 e. The van der Waals surface area contributed by atoms with Gasteiger partial charge in [0.1, 0.15) is 6.04 Å². The molecular weight excluding hydrogens is 286 g/mol. The Kier molecular flexibility index (Phi) is 7.08. The second kappa shape index (κ2) is 8.81. The van der Waals surface area contributed by atoms with Crippen molar-refractivity contribution in [3.8, 4) is 0 Å². The molecule has 1 aromatic rings. The summed E-state index contributed by atoms with van der Waals surface area (Å²) in [6, 6.07) is 7.62. The molecule has 6 nitrogen and oxygen atoms in total. The number of methoxy groups -OCH3 is 1. The van der Waals surface area contributed by atoms with Gasteiger partial charge in [-0.1, -0.05) is 32.0 Å². The fourth-order valence-corrected chi connectivity index (χ4v) is 1.85. The molecule has 0 saturated carbocycles. The largest absolute Gasteiger partial charge is 0.467 e. The molecular formula is C16H21NO5. The molecule has 0 radical (unpaired) electrons. The third kappa shape index (κ3) is 5.95. The Morgan fingerprint density at radius 1 is 1.14 bits per heavy atom. The Labute approximate surface area is 129 Å². The smallest absolute Gasteiger partial charge is 0.338 e. The third-order valence-electron chi connectivity index (χ3n) is 2.87. The molecule has 0 aliphatic carbocycles. The fourth-order valence-electron chi connectivity index (χ4n) is 1.85. The van der Waals surface area contributed by atoms with E-state index in [0.717, 1.165) is 0 Å². The monoisotopic (exact) mass is 307 g/mol. The molecule has 0 aromatic heterocycles. The van der Waals surface area contributed by atoms with Gasteiger partial charge in [-0.05, 0) is 24.5 Å². The van der Waals surface area contributed by atoms with Crippen LogP contribution in [0.25, 0.3) is 0 Å². The fraction of sp³-hybridized carbons (Fsp3) is 0.438. The number of esters is 2. The van der Waals surface area contributed by atoms with Crippen molar-refractivity contribution in [1.29, 1.82) is 0 Å². The maximum Gasteiger partial charge on any atom is 0.338 e. The molecule has 1 N–H and O–H groups in total. The van der Waals surface area contributed by atoms with Crippen LogP contribution in [0.1, 0.15) is 30.6 Å². The van der Waals surface area contributed by atoms with E-state index in [2.05, 4.69) is 10.1 Å². The van der Waals surface area contributed by atoms with Gasteiger partial charge in [-0.3, -0.25) is 4.79 Å². The summed E-state index contributed by atoms with van der Waals surface area (Å²) in [6.07, 6.45) is 0.449. The highest BCUT2D eigenvalue weighted by molar-refractivity contribution is 5.92. The van der Waals surface area contributed by atoms with Crippen LogP contribution in [-0.4, -0.2) is 37.6 Å². The number of nitrogens with one attached hydrogen (secondary N) is 1. The van der Waals surface area contributed by atoms with E-state index in [1.165, 1.54) is 7.11 Å². The van der Waals surface area contributed by atoms with E-state index < -0.39 is 30.5 Å². The van der Waals surface area contributed by atoms with Gasteiger partial charge in [-0.25, -0.2) is 9.59 Å². The lowest BCUT2D eigenvalue weighted by Crippen LogP contribution is -2.44. The lowest BCUT2D eigenvalue weighted by atomic mass is 10.0. The Morgan fingerprint density at radius 2 is 1.77 bits per heavy atom. The molecule has 120 valence electrons. The van der Waals surface area contributed by atoms with Crippen LogP contribution >= 0.6 is 0 Å². The van der Waals surface area contributed by atoms with Gasteiger partial charge in [0.2, 0.25) is 0 Å². The average molecular weight is 307 g/mol. The normalized spacial score (nSPS) is 11.6. The van der Waals surface area contributed by atoms with Crippen LogP contribution in [0.2, 0.25) is 0 Å². The summed E-state index contributed by atoms with van der Waals surface area (Å²) in [7, 11) is 1.26. The van der Waals surface area contributed by atoms with Gasteiger partial charge in [0.25, 0.3) is 5.91 Å². The van der Waals surface area contributed by atoms with E-state index in [-0.39, 0.29) is 5.92 Å². The van der Waals surface area contributed by atoms with Gasteiger partial charge in [0.15, 0.2) is 6.61 Å². The molecule has 0 fully saturated rings. The zero-order valence-corrected chi connectivity index (χ0v) is 13.0. The third-order valence-corrected chi connectivity index (χ3v) is 2.87. The zero-order chi connectivity index (χ0) is 16.5. The number of carbonyl (C=O) groups is 3. The summed E-state index contributed by atoms with van der Waals surface area (Å²) >= 11 is 0. The SMILES string of the molecule is COC(=O)[C@@H](CC(C)C)NC(=O)COC(=O)c1ccccc1. The molecule has 0 bridgehead atoms. The van der Waals surface area contributed by atoms with Gasteiger partial charge < -0.3 is 14.8 Å². The Balaban J connectivity index is 2.50. The first kappa shape index (κ1) is 17.7. The van der Waals surface area contributed by atoms with Gasteiger partial charge in [0, 0.05) is 0 Å². The lowest BCUT2D eigenvalue weighted by molar-refractivity contribution is -0.145. The number of ether oxygens (including phenoxy) is 2. The summed E-state index contributed by atoms with van der Waals surface area (Å²) in [6.45, 7) is 3.41. The molecule has 0 heterocycles. The highest BCUT2D eigenvalue weighted by Gasteiger charge is 2.23. The molecule has 0 spiro atoms. The Hall–Kier alpha value is -2.37. The predicted molar refractivity (Wildman–Crippen MR) is 80.1 cm³/mol. The van der Waals surface area contributed by atoms with Gasteiger partial charge in [0.05, 0.1) is 12.7 Å². The Morgan fingerprint density at radius 3 is 2.32 bits per heavy atom. The van der Waals surface area contributed by atoms with Crippen molar-refractivity contribution in [2.45, 2.75) is 26.3 Å². The van der Waals surface area contributed by atoms with Crippen LogP contribution < -0.4 is 5.32 Å². The maximum atomic E-state index is 11.8. The molecule has 0 unspecified atom stereocenters. The first-order chi connectivity index (χ1) is 10.4. The first-order valence-corrected chi connectivity index (χ1v) is 7.03. The number of hydrogen-bond donors (Lipinski definition) is 1. The highest BCUT2D eigenvalue weighted by atomic mass is 16.5. The minimum absolute atomic E-state index is 0.205. The van der Waals surface area contributed by atoms with Crippen molar-refractivity contribution in [3.05, 3.63) is 35.9 Å². The van der Waals surface area contributed by atoms with Gasteiger partial charge in [-0.2, -0.15) is 0 Å². The Bertz CT molecular complexity index is 513. The van der Waals surface area contributed by atoms with Crippen LogP contribution in [0, 0.1) is 5.92 Å². The molecule has 6 heteroatoms. The van der Waals surface area contributed by atoms with Crippen molar-refractivity contribution in [2.75, 3.05) is 13.7 Å². The quantitative estimate of drug-likeness (QED) is 0.773. The van der Waals surface area contributed by atoms with E-state index in [1.807, 2.05) is 13.8 Å². The number of carbonyl (C=O) groups excluding carboxylic acids is 3. The highest BCUT2D eigenvalue weighted by Crippen LogP contribution is 2.06. The number of amides is 1. The molecule has 0 aliphatic heterocycles. The van der Waals surface area contributed by atoms with Crippen LogP contribution in [-0.2, 0) is 19.1 Å². The molecule has 1 amide bonds. The minimum atomic E-state index is -0.743. The number of rotatable bonds is 7. The van der Waals surface area contributed by atoms with Crippen LogP contribution in [0.4, 0.5) is 0 Å². The number of hydrogen-bond acceptors (Lipinski definition) is 5. The summed E-state index contributed by atoms with van der Waals surface area (Å²) in [5.41, 5.74) is 0.363. The van der Waals surface area contributed by atoms with E-state index in [9.17, 15) is 14.4 Å². The van der Waals surface area contributed by atoms with Crippen molar-refractivity contribution in [1.82, 2.24) is 5.32 Å². The van der Waals surface area contributed by atoms with Crippen LogP contribution in [0.5, 0.6) is 0 Å². The second-order valence-electron chi connectivity index (χ2n) is 5.21. The summed E-state index contributed by atoms with van der Waals surface area (Å²) in [5, 5.41) is 2.52. The summed E-state index contributed by atoms with van der Waals surface area (Å²) in [5.74, 6) is -1.44. The molecule has 22 heavy (non-hydrogen) atoms. The van der Waals surface area contributed by atoms with Crippen molar-refractivity contribution in [2.24, 2.45) is 5.92 Å². The van der Waals surface area contributed by atoms with Gasteiger partial charge in [-0.15, -0.1) is 0 Å². The standard InChI is InChI=1S/C16H21NO5/c1-11(2)9-13(16(20)21-3)17-14(18)10-22-15(19)12-7-5-4-6-8-12/h4-8,11,13H,9-10H2,1-3H3,(H,17,18)/t13-/m1/s1. The van der Waals surface area contributed by atoms with E-state index in [4.69, 9.17) is 4.74 Å². The van der Waals surface area contributed by atoms with E-state index >= 15 is 0 Å². The second-order valence-corrected chi connectivity index (χ2v) is 5.21. The molecule has 1 rings (SSSR count). The number of benzene rings is 1. The molecule has 1 atom stereocenters. The maximum absolute atomic E-state index is 11.8. The van der Waals surface area contributed by atoms with Crippen molar-refractivity contribution < 1.29 is 23.9 Å². The average Bonchev–Trinajstić information content (AvgIpc) is 2.51. The van der Waals surface area contributed by atoms with Crippen molar-refractivity contribution in [3.63, 3.8) is 0 Å². The van der Waals surface area contributed by atoms with E-state index in [1.54, 1.807) is 30.3 Å². The van der Waals surface area contributed by atoms with Gasteiger partial charge >= 0.3 is 11.9 Å². The van der Waals surface area contributed by atoms with Crippen LogP contribution in [0.15, 0.2) is 30.3 Å². The molecule has 1 aromatic carbocycles. The summed E-state index contributed by atoms with van der Waals surface area (Å²) < 4.78 is 9.55.